The Balaban J connectivity index is 1.72. The Bertz CT molecular complexity index is 712. The largest absolute Gasteiger partial charge is 0.481 e. The highest BCUT2D eigenvalue weighted by molar-refractivity contribution is 5.84. The summed E-state index contributed by atoms with van der Waals surface area (Å²) >= 11 is 0. The minimum atomic E-state index is -0.882. The minimum absolute atomic E-state index is 0.0152. The van der Waals surface area contributed by atoms with E-state index < -0.39 is 17.9 Å². The zero-order valence-electron chi connectivity index (χ0n) is 14.5. The fraction of sp³-hybridized carbons (Fsp3) is 0.421. The molecule has 1 aliphatic rings. The molecule has 2 N–H and O–H groups in total. The summed E-state index contributed by atoms with van der Waals surface area (Å²) in [6.45, 7) is 1.24. The van der Waals surface area contributed by atoms with E-state index in [4.69, 9.17) is 4.74 Å². The van der Waals surface area contributed by atoms with Crippen molar-refractivity contribution in [3.05, 3.63) is 54.4 Å². The highest BCUT2D eigenvalue weighted by Gasteiger charge is 2.31. The number of hydrogen-bond donors (Lipinski definition) is 2. The predicted octanol–water partition coefficient (Wildman–Crippen LogP) is 1.72. The van der Waals surface area contributed by atoms with E-state index in [1.807, 2.05) is 30.3 Å². The van der Waals surface area contributed by atoms with Gasteiger partial charge in [-0.2, -0.15) is 5.10 Å². The molecule has 1 fully saturated rings. The molecule has 26 heavy (non-hydrogen) atoms. The molecule has 1 aromatic heterocycles. The van der Waals surface area contributed by atoms with Gasteiger partial charge >= 0.3 is 5.97 Å². The summed E-state index contributed by atoms with van der Waals surface area (Å²) in [7, 11) is 0. The molecule has 1 saturated heterocycles. The van der Waals surface area contributed by atoms with E-state index in [0.717, 1.165) is 5.56 Å². The molecule has 0 bridgehead atoms. The number of hydrogen-bond acceptors (Lipinski definition) is 4. The second-order valence-electron chi connectivity index (χ2n) is 6.44. The molecule has 138 valence electrons. The van der Waals surface area contributed by atoms with Gasteiger partial charge in [-0.15, -0.1) is 0 Å². The molecule has 2 aromatic rings. The number of nitrogens with one attached hydrogen (secondary N) is 1. The highest BCUT2D eigenvalue weighted by Crippen LogP contribution is 2.24. The standard InChI is InChI=1S/C19H23N3O4/c23-18(20-13-16(19(24)25)14-7-11-26-12-8-14)17(22-10-4-9-21-22)15-5-2-1-3-6-15/h1-6,9-10,14,16-17H,7-8,11-13H2,(H,20,23)(H,24,25). The Hall–Kier alpha value is -2.67. The number of carbonyl (C=O) groups is 2. The van der Waals surface area contributed by atoms with Crippen LogP contribution in [0, 0.1) is 11.8 Å². The molecule has 3 rings (SSSR count). The first-order chi connectivity index (χ1) is 12.7. The zero-order valence-corrected chi connectivity index (χ0v) is 14.5. The molecule has 1 amide bonds. The lowest BCUT2D eigenvalue weighted by molar-refractivity contribution is -0.145. The van der Waals surface area contributed by atoms with Crippen LogP contribution in [0.3, 0.4) is 0 Å². The Morgan fingerprint density at radius 2 is 1.96 bits per heavy atom. The lowest BCUT2D eigenvalue weighted by atomic mass is 9.86. The molecule has 7 heteroatoms. The van der Waals surface area contributed by atoms with Crippen LogP contribution in [0.2, 0.25) is 0 Å². The van der Waals surface area contributed by atoms with Crippen molar-refractivity contribution in [2.45, 2.75) is 18.9 Å². The number of amides is 1. The third kappa shape index (κ3) is 4.29. The van der Waals surface area contributed by atoms with Crippen molar-refractivity contribution in [1.82, 2.24) is 15.1 Å². The third-order valence-electron chi connectivity index (χ3n) is 4.80. The Labute approximate surface area is 152 Å². The number of carbonyl (C=O) groups excluding carboxylic acids is 1. The van der Waals surface area contributed by atoms with Gasteiger partial charge in [0.15, 0.2) is 6.04 Å². The van der Waals surface area contributed by atoms with Crippen molar-refractivity contribution in [2.75, 3.05) is 19.8 Å². The van der Waals surface area contributed by atoms with Crippen molar-refractivity contribution >= 4 is 11.9 Å². The SMILES string of the molecule is O=C(O)C(CNC(=O)C(c1ccccc1)n1cccn1)C1CCOCC1. The number of aliphatic carboxylic acids is 1. The predicted molar refractivity (Wildman–Crippen MR) is 94.5 cm³/mol. The molecule has 2 atom stereocenters. The van der Waals surface area contributed by atoms with E-state index >= 15 is 0 Å². The third-order valence-corrected chi connectivity index (χ3v) is 4.80. The molecule has 2 unspecified atom stereocenters. The Kier molecular flexibility index (Phi) is 6.01. The maximum atomic E-state index is 12.9. The van der Waals surface area contributed by atoms with Gasteiger partial charge in [0.05, 0.1) is 5.92 Å². The smallest absolute Gasteiger partial charge is 0.308 e. The molecule has 1 aromatic carbocycles. The van der Waals surface area contributed by atoms with Crippen molar-refractivity contribution in [3.63, 3.8) is 0 Å². The number of aromatic nitrogens is 2. The van der Waals surface area contributed by atoms with Gasteiger partial charge in [-0.05, 0) is 30.4 Å². The van der Waals surface area contributed by atoms with E-state index in [0.29, 0.717) is 26.1 Å². The molecular formula is C19H23N3O4. The molecule has 1 aliphatic heterocycles. The first kappa shape index (κ1) is 18.1. The van der Waals surface area contributed by atoms with Gasteiger partial charge in [0.2, 0.25) is 5.91 Å². The van der Waals surface area contributed by atoms with E-state index in [1.165, 1.54) is 0 Å². The summed E-state index contributed by atoms with van der Waals surface area (Å²) in [5.41, 5.74) is 0.798. The van der Waals surface area contributed by atoms with Crippen molar-refractivity contribution in [1.29, 1.82) is 0 Å². The van der Waals surface area contributed by atoms with Gasteiger partial charge in [0, 0.05) is 32.2 Å². The second kappa shape index (κ2) is 8.62. The maximum Gasteiger partial charge on any atom is 0.308 e. The van der Waals surface area contributed by atoms with Crippen molar-refractivity contribution < 1.29 is 19.4 Å². The maximum absolute atomic E-state index is 12.9. The highest BCUT2D eigenvalue weighted by atomic mass is 16.5. The monoisotopic (exact) mass is 357 g/mol. The number of carboxylic acids is 1. The quantitative estimate of drug-likeness (QED) is 0.787. The van der Waals surface area contributed by atoms with Gasteiger partial charge in [-0.1, -0.05) is 30.3 Å². The van der Waals surface area contributed by atoms with E-state index in [-0.39, 0.29) is 18.4 Å². The molecule has 0 aliphatic carbocycles. The second-order valence-corrected chi connectivity index (χ2v) is 6.44. The summed E-state index contributed by atoms with van der Waals surface area (Å²) in [5, 5.41) is 16.6. The molecule has 2 heterocycles. The Morgan fingerprint density at radius 1 is 1.23 bits per heavy atom. The number of nitrogens with zero attached hydrogens (tertiary/aromatic N) is 2. The molecular weight excluding hydrogens is 334 g/mol. The Morgan fingerprint density at radius 3 is 2.58 bits per heavy atom. The van der Waals surface area contributed by atoms with Crippen LogP contribution in [0.15, 0.2) is 48.8 Å². The lowest BCUT2D eigenvalue weighted by Crippen LogP contribution is -2.41. The number of ether oxygens (including phenoxy) is 1. The van der Waals surface area contributed by atoms with Gasteiger partial charge in [-0.25, -0.2) is 0 Å². The van der Waals surface area contributed by atoms with Crippen LogP contribution in [0.1, 0.15) is 24.4 Å². The summed E-state index contributed by atoms with van der Waals surface area (Å²) in [4.78, 5) is 24.5. The summed E-state index contributed by atoms with van der Waals surface area (Å²) in [6.07, 6.45) is 4.75. The number of rotatable bonds is 7. The average molecular weight is 357 g/mol. The van der Waals surface area contributed by atoms with Crippen LogP contribution in [-0.4, -0.2) is 46.5 Å². The molecule has 7 nitrogen and oxygen atoms in total. The van der Waals surface area contributed by atoms with Crippen molar-refractivity contribution in [3.8, 4) is 0 Å². The summed E-state index contributed by atoms with van der Waals surface area (Å²) in [5.74, 6) is -1.75. The molecule has 0 radical (unpaired) electrons. The van der Waals surface area contributed by atoms with Crippen LogP contribution < -0.4 is 5.32 Å². The average Bonchev–Trinajstić information content (AvgIpc) is 3.18. The van der Waals surface area contributed by atoms with Crippen LogP contribution in [-0.2, 0) is 14.3 Å². The van der Waals surface area contributed by atoms with Crippen LogP contribution in [0.5, 0.6) is 0 Å². The summed E-state index contributed by atoms with van der Waals surface area (Å²) in [6, 6.07) is 10.5. The van der Waals surface area contributed by atoms with Crippen LogP contribution >= 0.6 is 0 Å². The van der Waals surface area contributed by atoms with E-state index in [2.05, 4.69) is 10.4 Å². The fourth-order valence-corrected chi connectivity index (χ4v) is 3.37. The van der Waals surface area contributed by atoms with Crippen LogP contribution in [0.4, 0.5) is 0 Å². The molecule has 0 spiro atoms. The first-order valence-corrected chi connectivity index (χ1v) is 8.79. The molecule has 0 saturated carbocycles. The van der Waals surface area contributed by atoms with Gasteiger partial charge in [0.1, 0.15) is 0 Å². The lowest BCUT2D eigenvalue weighted by Gasteiger charge is -2.28. The van der Waals surface area contributed by atoms with Gasteiger partial charge in [0.25, 0.3) is 0 Å². The minimum Gasteiger partial charge on any atom is -0.481 e. The number of carboxylic acid groups (broad SMARTS) is 1. The number of benzene rings is 1. The van der Waals surface area contributed by atoms with Gasteiger partial charge < -0.3 is 15.2 Å². The first-order valence-electron chi connectivity index (χ1n) is 8.79. The summed E-state index contributed by atoms with van der Waals surface area (Å²) < 4.78 is 6.89. The van der Waals surface area contributed by atoms with Gasteiger partial charge in [-0.3, -0.25) is 14.3 Å². The van der Waals surface area contributed by atoms with E-state index in [1.54, 1.807) is 23.1 Å². The topological polar surface area (TPSA) is 93.5 Å². The van der Waals surface area contributed by atoms with Crippen molar-refractivity contribution in [2.24, 2.45) is 11.8 Å². The van der Waals surface area contributed by atoms with Crippen LogP contribution in [0.25, 0.3) is 0 Å². The fourth-order valence-electron chi connectivity index (χ4n) is 3.37. The normalized spacial score (nSPS) is 17.4. The van der Waals surface area contributed by atoms with E-state index in [9.17, 15) is 14.7 Å². The zero-order chi connectivity index (χ0) is 18.4.